The molecule has 0 spiro atoms. The average Bonchev–Trinajstić information content (AvgIpc) is 3.34. The van der Waals surface area contributed by atoms with Crippen molar-refractivity contribution in [2.24, 2.45) is 0 Å². The van der Waals surface area contributed by atoms with E-state index >= 15 is 0 Å². The van der Waals surface area contributed by atoms with Crippen molar-refractivity contribution in [1.29, 1.82) is 0 Å². The molecule has 3 saturated heterocycles. The Hall–Kier alpha value is -2.46. The van der Waals surface area contributed by atoms with Gasteiger partial charge in [-0.25, -0.2) is 5.10 Å². The summed E-state index contributed by atoms with van der Waals surface area (Å²) in [6.07, 6.45) is 0. The second kappa shape index (κ2) is 5.77. The average molecular weight is 385 g/mol. The number of hydrogen-bond donors (Lipinski definition) is 2. The number of nitrogens with zero attached hydrogens (tertiary/aromatic N) is 5. The molecule has 0 aliphatic carbocycles. The number of carbonyl (C=O) groups is 2. The number of H-pyrrole nitrogens is 1. The van der Waals surface area contributed by atoms with Gasteiger partial charge in [0, 0.05) is 4.75 Å². The van der Waals surface area contributed by atoms with Crippen LogP contribution in [0.2, 0.25) is 0 Å². The number of β-lactam (4-membered cyclic amide) rings is 1. The van der Waals surface area contributed by atoms with Gasteiger partial charge in [0.25, 0.3) is 0 Å². The van der Waals surface area contributed by atoms with E-state index in [9.17, 15) is 9.59 Å². The first kappa shape index (κ1) is 16.7. The van der Waals surface area contributed by atoms with E-state index in [0.29, 0.717) is 12.5 Å². The predicted molar refractivity (Wildman–Crippen MR) is 97.0 cm³/mol. The van der Waals surface area contributed by atoms with Gasteiger partial charge in [-0.1, -0.05) is 30.3 Å². The maximum atomic E-state index is 13.0. The van der Waals surface area contributed by atoms with E-state index in [2.05, 4.69) is 39.8 Å². The van der Waals surface area contributed by atoms with E-state index in [0.717, 1.165) is 5.56 Å². The van der Waals surface area contributed by atoms with Crippen molar-refractivity contribution >= 4 is 23.6 Å². The van der Waals surface area contributed by atoms with E-state index in [-0.39, 0.29) is 28.0 Å². The van der Waals surface area contributed by atoms with Crippen LogP contribution in [0, 0.1) is 0 Å². The van der Waals surface area contributed by atoms with E-state index in [1.807, 2.05) is 30.3 Å². The van der Waals surface area contributed by atoms with E-state index in [4.69, 9.17) is 0 Å². The fraction of sp³-hybridized carbons (Fsp3) is 0.471. The highest BCUT2D eigenvalue weighted by Gasteiger charge is 2.65. The third kappa shape index (κ3) is 2.32. The van der Waals surface area contributed by atoms with Crippen LogP contribution < -0.4 is 5.32 Å². The Labute approximate surface area is 159 Å². The first-order valence-corrected chi connectivity index (χ1v) is 9.69. The summed E-state index contributed by atoms with van der Waals surface area (Å²) in [6, 6.07) is 8.50. The van der Waals surface area contributed by atoms with Gasteiger partial charge in [-0.15, -0.1) is 16.9 Å². The molecule has 10 heteroatoms. The molecule has 0 radical (unpaired) electrons. The molecule has 3 aliphatic heterocycles. The molecule has 5 rings (SSSR count). The topological polar surface area (TPSA) is 107 Å². The number of nitrogens with one attached hydrogen (secondary N) is 2. The van der Waals surface area contributed by atoms with Crippen molar-refractivity contribution in [2.75, 3.05) is 6.67 Å². The number of amides is 2. The molecule has 1 aromatic carbocycles. The minimum Gasteiger partial charge on any atom is -0.314 e. The van der Waals surface area contributed by atoms with Gasteiger partial charge in [0.2, 0.25) is 11.8 Å². The van der Waals surface area contributed by atoms with Gasteiger partial charge in [-0.05, 0) is 29.8 Å². The van der Waals surface area contributed by atoms with Crippen LogP contribution in [0.15, 0.2) is 30.3 Å². The third-order valence-corrected chi connectivity index (χ3v) is 7.06. The zero-order valence-corrected chi connectivity index (χ0v) is 15.7. The first-order chi connectivity index (χ1) is 13.0. The quantitative estimate of drug-likeness (QED) is 0.738. The maximum absolute atomic E-state index is 13.0. The molecule has 140 valence electrons. The lowest BCUT2D eigenvalue weighted by molar-refractivity contribution is -0.161. The Morgan fingerprint density at radius 3 is 2.67 bits per heavy atom. The molecular weight excluding hydrogens is 366 g/mol. The van der Waals surface area contributed by atoms with Gasteiger partial charge in [0.05, 0.1) is 6.67 Å². The number of aromatic amines is 1. The zero-order chi connectivity index (χ0) is 18.8. The molecule has 0 bridgehead atoms. The molecule has 4 atom stereocenters. The molecule has 3 aliphatic rings. The van der Waals surface area contributed by atoms with Crippen LogP contribution in [0.1, 0.15) is 37.3 Å². The molecule has 2 aromatic rings. The number of rotatable bonds is 3. The minimum atomic E-state index is -0.455. The third-order valence-electron chi connectivity index (χ3n) is 5.50. The Kier molecular flexibility index (Phi) is 3.57. The first-order valence-electron chi connectivity index (χ1n) is 8.81. The van der Waals surface area contributed by atoms with Crippen LogP contribution in [-0.2, 0) is 9.59 Å². The van der Waals surface area contributed by atoms with Crippen molar-refractivity contribution in [2.45, 2.75) is 42.1 Å². The smallest absolute Gasteiger partial charge is 0.250 e. The second-order valence-corrected chi connectivity index (χ2v) is 9.28. The Morgan fingerprint density at radius 1 is 1.19 bits per heavy atom. The fourth-order valence-corrected chi connectivity index (χ4v) is 5.98. The summed E-state index contributed by atoms with van der Waals surface area (Å²) < 4.78 is -0.259. The van der Waals surface area contributed by atoms with Crippen LogP contribution in [0.4, 0.5) is 0 Å². The number of fused-ring (bicyclic) bond motifs is 1. The van der Waals surface area contributed by atoms with Gasteiger partial charge in [-0.3, -0.25) is 14.9 Å². The van der Waals surface area contributed by atoms with Gasteiger partial charge in [-0.2, -0.15) is 0 Å². The minimum absolute atomic E-state index is 0.0525. The van der Waals surface area contributed by atoms with Crippen LogP contribution in [-0.4, -0.2) is 65.1 Å². The molecule has 4 heterocycles. The van der Waals surface area contributed by atoms with Gasteiger partial charge in [0.1, 0.15) is 23.5 Å². The van der Waals surface area contributed by atoms with Crippen molar-refractivity contribution in [3.8, 4) is 0 Å². The lowest BCUT2D eigenvalue weighted by Crippen LogP contribution is -2.68. The van der Waals surface area contributed by atoms with Gasteiger partial charge >= 0.3 is 0 Å². The molecule has 27 heavy (non-hydrogen) atoms. The van der Waals surface area contributed by atoms with Crippen LogP contribution >= 0.6 is 11.8 Å². The molecule has 2 amide bonds. The van der Waals surface area contributed by atoms with Gasteiger partial charge in [0.15, 0.2) is 5.82 Å². The highest BCUT2D eigenvalue weighted by atomic mass is 32.2. The molecular formula is C17H19N7O2S. The summed E-state index contributed by atoms with van der Waals surface area (Å²) in [4.78, 5) is 29.5. The Balaban J connectivity index is 1.40. The summed E-state index contributed by atoms with van der Waals surface area (Å²) in [7, 11) is 0. The molecule has 4 unspecified atom stereocenters. The Morgan fingerprint density at radius 2 is 1.96 bits per heavy atom. The van der Waals surface area contributed by atoms with E-state index < -0.39 is 12.1 Å². The maximum Gasteiger partial charge on any atom is 0.250 e. The zero-order valence-electron chi connectivity index (χ0n) is 14.9. The number of carbonyl (C=O) groups excluding carboxylic acids is 2. The number of tetrazole rings is 1. The summed E-state index contributed by atoms with van der Waals surface area (Å²) in [6.45, 7) is 4.52. The normalized spacial score (nSPS) is 31.9. The molecule has 0 saturated carbocycles. The van der Waals surface area contributed by atoms with E-state index in [1.165, 1.54) is 0 Å². The standard InChI is InChI=1S/C17H19N7O2S/c1-17(2)12(13-19-21-22-20-13)24-15(26)11(16(24)27-17)23-8-18-10(14(23)25)9-6-4-3-5-7-9/h3-7,10-12,16,18H,8H2,1-2H3,(H,19,20,21,22). The lowest BCUT2D eigenvalue weighted by Gasteiger charge is -2.47. The number of benzene rings is 1. The fourth-order valence-electron chi connectivity index (χ4n) is 4.27. The van der Waals surface area contributed by atoms with Gasteiger partial charge < -0.3 is 9.80 Å². The lowest BCUT2D eigenvalue weighted by atomic mass is 9.94. The molecule has 9 nitrogen and oxygen atoms in total. The van der Waals surface area contributed by atoms with Crippen LogP contribution in [0.3, 0.4) is 0 Å². The molecule has 3 fully saturated rings. The summed E-state index contributed by atoms with van der Waals surface area (Å²) in [5.74, 6) is 0.473. The largest absolute Gasteiger partial charge is 0.314 e. The van der Waals surface area contributed by atoms with Crippen LogP contribution in [0.5, 0.6) is 0 Å². The van der Waals surface area contributed by atoms with Crippen molar-refractivity contribution in [3.05, 3.63) is 41.7 Å². The van der Waals surface area contributed by atoms with Crippen molar-refractivity contribution in [3.63, 3.8) is 0 Å². The number of aromatic nitrogens is 4. The highest BCUT2D eigenvalue weighted by Crippen LogP contribution is 2.57. The molecule has 1 aromatic heterocycles. The number of hydrogen-bond acceptors (Lipinski definition) is 7. The van der Waals surface area contributed by atoms with Crippen molar-refractivity contribution in [1.82, 2.24) is 35.7 Å². The Bertz CT molecular complexity index is 888. The SMILES string of the molecule is CC1(C)SC2C(N3CNC(c4ccccc4)C3=O)C(=O)N2C1c1nnn[nH]1. The number of thioether (sulfide) groups is 1. The summed E-state index contributed by atoms with van der Waals surface area (Å²) >= 11 is 1.69. The highest BCUT2D eigenvalue weighted by molar-refractivity contribution is 8.01. The molecule has 2 N–H and O–H groups in total. The van der Waals surface area contributed by atoms with Crippen LogP contribution in [0.25, 0.3) is 0 Å². The summed E-state index contributed by atoms with van der Waals surface area (Å²) in [5.41, 5.74) is 0.915. The second-order valence-electron chi connectivity index (χ2n) is 7.51. The summed E-state index contributed by atoms with van der Waals surface area (Å²) in [5, 5.41) is 17.3. The van der Waals surface area contributed by atoms with E-state index in [1.54, 1.807) is 21.6 Å². The predicted octanol–water partition coefficient (Wildman–Crippen LogP) is 0.434. The monoisotopic (exact) mass is 385 g/mol. The van der Waals surface area contributed by atoms with Crippen molar-refractivity contribution < 1.29 is 9.59 Å².